The fourth-order valence-corrected chi connectivity index (χ4v) is 2.00. The highest BCUT2D eigenvalue weighted by atomic mass is 19.2. The van der Waals surface area contributed by atoms with Crippen molar-refractivity contribution < 1.29 is 13.2 Å². The van der Waals surface area contributed by atoms with Gasteiger partial charge in [0.15, 0.2) is 11.6 Å². The first-order chi connectivity index (χ1) is 8.16. The monoisotopic (exact) mass is 232 g/mol. The average molecular weight is 232 g/mol. The molecule has 0 N–H and O–H groups in total. The lowest BCUT2D eigenvalue weighted by Gasteiger charge is -2.05. The Morgan fingerprint density at radius 2 is 1.24 bits per heavy atom. The minimum atomic E-state index is -1.16. The van der Waals surface area contributed by atoms with E-state index in [4.69, 9.17) is 0 Å². The van der Waals surface area contributed by atoms with Gasteiger partial charge in [0, 0.05) is 16.8 Å². The quantitative estimate of drug-likeness (QED) is 0.398. The van der Waals surface area contributed by atoms with Gasteiger partial charge >= 0.3 is 0 Å². The average Bonchev–Trinajstić information content (AvgIpc) is 2.34. The van der Waals surface area contributed by atoms with E-state index in [1.54, 1.807) is 18.2 Å². The molecular weight excluding hydrogens is 225 g/mol. The minimum Gasteiger partial charge on any atom is -0.206 e. The fourth-order valence-electron chi connectivity index (χ4n) is 2.00. The number of hydrogen-bond donors (Lipinski definition) is 0. The zero-order valence-electron chi connectivity index (χ0n) is 8.68. The molecule has 0 saturated carbocycles. The highest BCUT2D eigenvalue weighted by molar-refractivity contribution is 5.98. The fraction of sp³-hybridized carbons (Fsp3) is 0. The number of hydrogen-bond acceptors (Lipinski definition) is 0. The van der Waals surface area contributed by atoms with Crippen molar-refractivity contribution in [3.05, 3.63) is 59.9 Å². The Hall–Kier alpha value is -2.03. The van der Waals surface area contributed by atoms with Gasteiger partial charge in [0.2, 0.25) is 0 Å². The van der Waals surface area contributed by atoms with Gasteiger partial charge < -0.3 is 0 Å². The molecule has 0 aromatic heterocycles. The molecule has 3 aromatic carbocycles. The van der Waals surface area contributed by atoms with Crippen LogP contribution in [0.15, 0.2) is 42.5 Å². The van der Waals surface area contributed by atoms with E-state index in [0.717, 1.165) is 10.8 Å². The Balaban J connectivity index is 2.56. The van der Waals surface area contributed by atoms with Gasteiger partial charge in [-0.25, -0.2) is 13.2 Å². The second-order valence-electron chi connectivity index (χ2n) is 3.90. The molecule has 0 atom stereocenters. The summed E-state index contributed by atoms with van der Waals surface area (Å²) in [5.74, 6) is -2.91. The van der Waals surface area contributed by atoms with Crippen molar-refractivity contribution in [3.63, 3.8) is 0 Å². The van der Waals surface area contributed by atoms with Crippen LogP contribution in [0.25, 0.3) is 21.5 Å². The van der Waals surface area contributed by atoms with Crippen molar-refractivity contribution in [1.29, 1.82) is 0 Å². The molecule has 0 spiro atoms. The lowest BCUT2D eigenvalue weighted by Crippen LogP contribution is -1.90. The SMILES string of the molecule is Fc1cc(F)c2cc3ccccc3cc2c1F. The van der Waals surface area contributed by atoms with Crippen LogP contribution in [0.5, 0.6) is 0 Å². The summed E-state index contributed by atoms with van der Waals surface area (Å²) in [6, 6.07) is 10.8. The van der Waals surface area contributed by atoms with E-state index < -0.39 is 17.5 Å². The van der Waals surface area contributed by atoms with Crippen LogP contribution in [-0.2, 0) is 0 Å². The van der Waals surface area contributed by atoms with E-state index >= 15 is 0 Å². The molecule has 0 saturated heterocycles. The number of rotatable bonds is 0. The minimum absolute atomic E-state index is 0.0267. The maximum Gasteiger partial charge on any atom is 0.166 e. The largest absolute Gasteiger partial charge is 0.206 e. The van der Waals surface area contributed by atoms with Crippen LogP contribution in [0.3, 0.4) is 0 Å². The summed E-state index contributed by atoms with van der Waals surface area (Å²) in [6.45, 7) is 0. The molecule has 0 aliphatic heterocycles. The third-order valence-electron chi connectivity index (χ3n) is 2.84. The molecule has 0 amide bonds. The predicted molar refractivity (Wildman–Crippen MR) is 61.3 cm³/mol. The molecule has 3 heteroatoms. The van der Waals surface area contributed by atoms with Gasteiger partial charge in [0.25, 0.3) is 0 Å². The molecule has 17 heavy (non-hydrogen) atoms. The molecule has 0 heterocycles. The van der Waals surface area contributed by atoms with Crippen LogP contribution in [0, 0.1) is 17.5 Å². The smallest absolute Gasteiger partial charge is 0.166 e. The standard InChI is InChI=1S/C14H7F3/c15-12-7-13(16)14(17)11-6-9-4-2-1-3-8(9)5-10(11)12/h1-7H. The molecule has 0 aliphatic rings. The van der Waals surface area contributed by atoms with Gasteiger partial charge in [-0.1, -0.05) is 24.3 Å². The molecule has 0 nitrogen and oxygen atoms in total. The first-order valence-electron chi connectivity index (χ1n) is 5.13. The molecule has 0 radical (unpaired) electrons. The second kappa shape index (κ2) is 3.48. The summed E-state index contributed by atoms with van der Waals surface area (Å²) in [5.41, 5.74) is 0. The van der Waals surface area contributed by atoms with Crippen molar-refractivity contribution in [1.82, 2.24) is 0 Å². The van der Waals surface area contributed by atoms with Gasteiger partial charge in [-0.3, -0.25) is 0 Å². The first kappa shape index (κ1) is 10.1. The van der Waals surface area contributed by atoms with E-state index in [2.05, 4.69) is 0 Å². The van der Waals surface area contributed by atoms with Crippen LogP contribution in [0.2, 0.25) is 0 Å². The van der Waals surface area contributed by atoms with E-state index in [1.807, 2.05) is 6.07 Å². The Bertz CT molecular complexity index is 732. The van der Waals surface area contributed by atoms with E-state index in [0.29, 0.717) is 6.07 Å². The second-order valence-corrected chi connectivity index (χ2v) is 3.90. The maximum atomic E-state index is 13.6. The van der Waals surface area contributed by atoms with Crippen LogP contribution >= 0.6 is 0 Å². The molecule has 0 unspecified atom stereocenters. The number of benzene rings is 3. The molecule has 3 rings (SSSR count). The van der Waals surface area contributed by atoms with E-state index in [9.17, 15) is 13.2 Å². The maximum absolute atomic E-state index is 13.6. The van der Waals surface area contributed by atoms with Crippen LogP contribution in [-0.4, -0.2) is 0 Å². The van der Waals surface area contributed by atoms with Gasteiger partial charge in [-0.2, -0.15) is 0 Å². The summed E-state index contributed by atoms with van der Waals surface area (Å²) in [7, 11) is 0. The van der Waals surface area contributed by atoms with E-state index in [-0.39, 0.29) is 10.8 Å². The third kappa shape index (κ3) is 1.46. The summed E-state index contributed by atoms with van der Waals surface area (Å²) in [5, 5.41) is 1.62. The van der Waals surface area contributed by atoms with Crippen molar-refractivity contribution in [3.8, 4) is 0 Å². The van der Waals surface area contributed by atoms with Crippen LogP contribution in [0.4, 0.5) is 13.2 Å². The molecule has 84 valence electrons. The summed E-state index contributed by atoms with van der Waals surface area (Å²) in [6.07, 6.45) is 0. The summed E-state index contributed by atoms with van der Waals surface area (Å²) < 4.78 is 40.2. The topological polar surface area (TPSA) is 0 Å². The lowest BCUT2D eigenvalue weighted by molar-refractivity contribution is 0.506. The predicted octanol–water partition coefficient (Wildman–Crippen LogP) is 4.41. The third-order valence-corrected chi connectivity index (χ3v) is 2.84. The van der Waals surface area contributed by atoms with Gasteiger partial charge in [0.05, 0.1) is 0 Å². The van der Waals surface area contributed by atoms with Crippen molar-refractivity contribution >= 4 is 21.5 Å². The number of halogens is 3. The lowest BCUT2D eigenvalue weighted by atomic mass is 10.0. The Morgan fingerprint density at radius 1 is 0.647 bits per heavy atom. The van der Waals surface area contributed by atoms with Crippen molar-refractivity contribution in [2.24, 2.45) is 0 Å². The Labute approximate surface area is 95.3 Å². The van der Waals surface area contributed by atoms with Crippen LogP contribution < -0.4 is 0 Å². The zero-order chi connectivity index (χ0) is 12.0. The van der Waals surface area contributed by atoms with Gasteiger partial charge in [0.1, 0.15) is 5.82 Å². The van der Waals surface area contributed by atoms with Crippen molar-refractivity contribution in [2.45, 2.75) is 0 Å². The van der Waals surface area contributed by atoms with Gasteiger partial charge in [-0.15, -0.1) is 0 Å². The Morgan fingerprint density at radius 3 is 1.88 bits per heavy atom. The summed E-state index contributed by atoms with van der Waals surface area (Å²) in [4.78, 5) is 0. The number of fused-ring (bicyclic) bond motifs is 2. The molecule has 0 fully saturated rings. The summed E-state index contributed by atoms with van der Waals surface area (Å²) >= 11 is 0. The Kier molecular flexibility index (Phi) is 2.08. The highest BCUT2D eigenvalue weighted by Crippen LogP contribution is 2.28. The molecular formula is C14H7F3. The zero-order valence-corrected chi connectivity index (χ0v) is 8.68. The van der Waals surface area contributed by atoms with Gasteiger partial charge in [-0.05, 0) is 22.9 Å². The molecule has 0 aliphatic carbocycles. The molecule has 0 bridgehead atoms. The first-order valence-corrected chi connectivity index (χ1v) is 5.13. The van der Waals surface area contributed by atoms with Crippen molar-refractivity contribution in [2.75, 3.05) is 0 Å². The van der Waals surface area contributed by atoms with Crippen LogP contribution in [0.1, 0.15) is 0 Å². The normalized spacial score (nSPS) is 11.2. The van der Waals surface area contributed by atoms with E-state index in [1.165, 1.54) is 12.1 Å². The molecule has 3 aromatic rings. The highest BCUT2D eigenvalue weighted by Gasteiger charge is 2.12.